The van der Waals surface area contributed by atoms with Crippen LogP contribution in [0.4, 0.5) is 0 Å². The van der Waals surface area contributed by atoms with Gasteiger partial charge in [-0.2, -0.15) is 0 Å². The van der Waals surface area contributed by atoms with E-state index in [4.69, 9.17) is 13.9 Å². The van der Waals surface area contributed by atoms with Crippen molar-refractivity contribution in [3.8, 4) is 11.5 Å². The highest BCUT2D eigenvalue weighted by atomic mass is 16.7. The highest BCUT2D eigenvalue weighted by Gasteiger charge is 2.18. The third-order valence-corrected chi connectivity index (χ3v) is 4.29. The Kier molecular flexibility index (Phi) is 4.42. The summed E-state index contributed by atoms with van der Waals surface area (Å²) in [6.07, 6.45) is 0. The van der Waals surface area contributed by atoms with Crippen molar-refractivity contribution in [2.45, 2.75) is 13.0 Å². The average molecular weight is 366 g/mol. The van der Waals surface area contributed by atoms with E-state index in [0.717, 1.165) is 11.0 Å². The van der Waals surface area contributed by atoms with Crippen LogP contribution in [0.15, 0.2) is 52.9 Å². The molecule has 1 atom stereocenters. The van der Waals surface area contributed by atoms with Gasteiger partial charge < -0.3 is 24.5 Å². The second-order valence-corrected chi connectivity index (χ2v) is 6.23. The minimum atomic E-state index is -0.361. The highest BCUT2D eigenvalue weighted by molar-refractivity contribution is 5.97. The molecule has 1 aliphatic heterocycles. The molecular weight excluding hydrogens is 348 g/mol. The number of benzene rings is 2. The second-order valence-electron chi connectivity index (χ2n) is 6.23. The van der Waals surface area contributed by atoms with E-state index < -0.39 is 0 Å². The minimum Gasteiger partial charge on any atom is -0.459 e. The molecule has 0 radical (unpaired) electrons. The molecule has 1 aliphatic rings. The van der Waals surface area contributed by atoms with E-state index in [2.05, 4.69) is 10.6 Å². The molecule has 4 rings (SSSR count). The van der Waals surface area contributed by atoms with Gasteiger partial charge in [0, 0.05) is 10.9 Å². The molecule has 0 aliphatic carbocycles. The summed E-state index contributed by atoms with van der Waals surface area (Å²) in [4.78, 5) is 24.4. The molecule has 0 saturated heterocycles. The first kappa shape index (κ1) is 17.0. The molecular formula is C20H18N2O5. The predicted molar refractivity (Wildman–Crippen MR) is 97.7 cm³/mol. The Labute approximate surface area is 155 Å². The molecule has 2 heterocycles. The Morgan fingerprint density at radius 2 is 1.89 bits per heavy atom. The Morgan fingerprint density at radius 1 is 1.07 bits per heavy atom. The van der Waals surface area contributed by atoms with Crippen molar-refractivity contribution in [3.63, 3.8) is 0 Å². The zero-order valence-corrected chi connectivity index (χ0v) is 14.7. The van der Waals surface area contributed by atoms with Crippen molar-refractivity contribution in [1.82, 2.24) is 10.6 Å². The molecule has 0 unspecified atom stereocenters. The van der Waals surface area contributed by atoms with E-state index in [1.54, 1.807) is 18.2 Å². The number of amides is 2. The van der Waals surface area contributed by atoms with E-state index in [0.29, 0.717) is 22.8 Å². The number of carbonyl (C=O) groups is 2. The van der Waals surface area contributed by atoms with Crippen molar-refractivity contribution >= 4 is 22.8 Å². The van der Waals surface area contributed by atoms with E-state index in [-0.39, 0.29) is 31.2 Å². The predicted octanol–water partition coefficient (Wildman–Crippen LogP) is 2.77. The van der Waals surface area contributed by atoms with E-state index in [9.17, 15) is 9.59 Å². The van der Waals surface area contributed by atoms with Crippen LogP contribution in [0.1, 0.15) is 29.1 Å². The van der Waals surface area contributed by atoms with Gasteiger partial charge in [0.05, 0.1) is 12.6 Å². The zero-order chi connectivity index (χ0) is 18.8. The molecule has 1 aromatic heterocycles. The normalized spacial score (nSPS) is 13.4. The number of furan rings is 1. The molecule has 0 fully saturated rings. The molecule has 7 heteroatoms. The van der Waals surface area contributed by atoms with Gasteiger partial charge in [-0.3, -0.25) is 9.59 Å². The molecule has 27 heavy (non-hydrogen) atoms. The first-order valence-electron chi connectivity index (χ1n) is 8.56. The van der Waals surface area contributed by atoms with Gasteiger partial charge in [0.1, 0.15) is 11.3 Å². The summed E-state index contributed by atoms with van der Waals surface area (Å²) in [5, 5.41) is 6.39. The maximum atomic E-state index is 12.2. The number of hydrogen-bond donors (Lipinski definition) is 2. The van der Waals surface area contributed by atoms with Gasteiger partial charge in [0.15, 0.2) is 11.5 Å². The van der Waals surface area contributed by atoms with Crippen molar-refractivity contribution < 1.29 is 23.5 Å². The van der Waals surface area contributed by atoms with Crippen LogP contribution in [0.25, 0.3) is 11.0 Å². The summed E-state index contributed by atoms with van der Waals surface area (Å²) < 4.78 is 16.2. The van der Waals surface area contributed by atoms with E-state index >= 15 is 0 Å². The quantitative estimate of drug-likeness (QED) is 0.725. The van der Waals surface area contributed by atoms with Crippen LogP contribution in [-0.2, 0) is 4.79 Å². The Balaban J connectivity index is 1.33. The first-order chi connectivity index (χ1) is 13.1. The van der Waals surface area contributed by atoms with Gasteiger partial charge >= 0.3 is 0 Å². The average Bonchev–Trinajstić information content (AvgIpc) is 3.31. The number of fused-ring (bicyclic) bond motifs is 2. The first-order valence-corrected chi connectivity index (χ1v) is 8.56. The summed E-state index contributed by atoms with van der Waals surface area (Å²) in [6.45, 7) is 1.83. The second kappa shape index (κ2) is 7.03. The van der Waals surface area contributed by atoms with Crippen LogP contribution in [0, 0.1) is 0 Å². The van der Waals surface area contributed by atoms with Crippen molar-refractivity contribution in [2.75, 3.05) is 13.3 Å². The third-order valence-electron chi connectivity index (χ3n) is 4.29. The highest BCUT2D eigenvalue weighted by Crippen LogP contribution is 2.32. The van der Waals surface area contributed by atoms with Crippen LogP contribution >= 0.6 is 0 Å². The summed E-state index contributed by atoms with van der Waals surface area (Å²) in [7, 11) is 0. The molecule has 2 aromatic carbocycles. The van der Waals surface area contributed by atoms with Gasteiger partial charge in [-0.15, -0.1) is 0 Å². The number of rotatable bonds is 5. The molecule has 2 amide bonds. The lowest BCUT2D eigenvalue weighted by molar-refractivity contribution is -0.120. The summed E-state index contributed by atoms with van der Waals surface area (Å²) in [5.41, 5.74) is 1.17. The molecule has 0 spiro atoms. The maximum absolute atomic E-state index is 12.2. The number of para-hydroxylation sites is 1. The standard InChI is InChI=1S/C20H18N2O5/c1-12(17-8-13-4-2-3-5-15(13)27-17)22-19(23)10-21-20(24)14-6-7-16-18(9-14)26-11-25-16/h2-9,12H,10-11H2,1H3,(H,21,24)(H,22,23)/t12-/m1/s1. The zero-order valence-electron chi connectivity index (χ0n) is 14.7. The fourth-order valence-electron chi connectivity index (χ4n) is 2.88. The topological polar surface area (TPSA) is 89.8 Å². The van der Waals surface area contributed by atoms with Gasteiger partial charge in [0.2, 0.25) is 12.7 Å². The van der Waals surface area contributed by atoms with Crippen LogP contribution in [0.2, 0.25) is 0 Å². The van der Waals surface area contributed by atoms with E-state index in [1.807, 2.05) is 37.3 Å². The molecule has 2 N–H and O–H groups in total. The SMILES string of the molecule is C[C@@H](NC(=O)CNC(=O)c1ccc2c(c1)OCO2)c1cc2ccccc2o1. The smallest absolute Gasteiger partial charge is 0.251 e. The fraction of sp³-hybridized carbons (Fsp3) is 0.200. The number of carbonyl (C=O) groups excluding carboxylic acids is 2. The number of hydrogen-bond acceptors (Lipinski definition) is 5. The molecule has 138 valence electrons. The Bertz CT molecular complexity index is 978. The van der Waals surface area contributed by atoms with Crippen LogP contribution < -0.4 is 20.1 Å². The maximum Gasteiger partial charge on any atom is 0.251 e. The molecule has 0 saturated carbocycles. The molecule has 0 bridgehead atoms. The number of nitrogens with one attached hydrogen (secondary N) is 2. The monoisotopic (exact) mass is 366 g/mol. The fourth-order valence-corrected chi connectivity index (χ4v) is 2.88. The van der Waals surface area contributed by atoms with Crippen LogP contribution in [-0.4, -0.2) is 25.2 Å². The number of ether oxygens (including phenoxy) is 2. The van der Waals surface area contributed by atoms with E-state index in [1.165, 1.54) is 0 Å². The van der Waals surface area contributed by atoms with Crippen LogP contribution in [0.5, 0.6) is 11.5 Å². The minimum absolute atomic E-state index is 0.141. The third kappa shape index (κ3) is 3.57. The lowest BCUT2D eigenvalue weighted by atomic mass is 10.2. The van der Waals surface area contributed by atoms with Crippen molar-refractivity contribution in [1.29, 1.82) is 0 Å². The van der Waals surface area contributed by atoms with Crippen molar-refractivity contribution in [3.05, 3.63) is 59.9 Å². The van der Waals surface area contributed by atoms with Crippen LogP contribution in [0.3, 0.4) is 0 Å². The Hall–Kier alpha value is -3.48. The van der Waals surface area contributed by atoms with Gasteiger partial charge in [-0.1, -0.05) is 18.2 Å². The molecule has 3 aromatic rings. The summed E-state index contributed by atoms with van der Waals surface area (Å²) in [6, 6.07) is 14.1. The molecule has 7 nitrogen and oxygen atoms in total. The lowest BCUT2D eigenvalue weighted by Gasteiger charge is -2.12. The largest absolute Gasteiger partial charge is 0.459 e. The summed E-state index contributed by atoms with van der Waals surface area (Å²) in [5.74, 6) is 1.11. The Morgan fingerprint density at radius 3 is 2.74 bits per heavy atom. The lowest BCUT2D eigenvalue weighted by Crippen LogP contribution is -2.37. The van der Waals surface area contributed by atoms with Gasteiger partial charge in [-0.25, -0.2) is 0 Å². The summed E-state index contributed by atoms with van der Waals surface area (Å²) >= 11 is 0. The van der Waals surface area contributed by atoms with Gasteiger partial charge in [0.25, 0.3) is 5.91 Å². The van der Waals surface area contributed by atoms with Gasteiger partial charge in [-0.05, 0) is 37.3 Å². The van der Waals surface area contributed by atoms with Crippen molar-refractivity contribution in [2.24, 2.45) is 0 Å².